The maximum absolute atomic E-state index is 11.4. The summed E-state index contributed by atoms with van der Waals surface area (Å²) in [7, 11) is 3.64. The van der Waals surface area contributed by atoms with Crippen molar-refractivity contribution in [1.29, 1.82) is 5.26 Å². The van der Waals surface area contributed by atoms with Crippen LogP contribution in [0.15, 0.2) is 24.3 Å². The van der Waals surface area contributed by atoms with Crippen molar-refractivity contribution < 1.29 is 9.53 Å². The van der Waals surface area contributed by atoms with Gasteiger partial charge in [0.1, 0.15) is 11.8 Å². The van der Waals surface area contributed by atoms with Gasteiger partial charge in [-0.05, 0) is 25.6 Å². The van der Waals surface area contributed by atoms with Crippen molar-refractivity contribution in [3.8, 4) is 11.8 Å². The molecule has 1 aromatic rings. The van der Waals surface area contributed by atoms with Crippen molar-refractivity contribution in [3.05, 3.63) is 29.8 Å². The molecule has 0 aliphatic carbocycles. The number of para-hydroxylation sites is 1. The molecular weight excluding hydrogens is 266 g/mol. The molecule has 0 aliphatic rings. The molecule has 5 nitrogen and oxygen atoms in total. The molecule has 0 aromatic heterocycles. The summed E-state index contributed by atoms with van der Waals surface area (Å²) in [6, 6.07) is 9.33. The summed E-state index contributed by atoms with van der Waals surface area (Å²) in [6.45, 7) is 4.02. The summed E-state index contributed by atoms with van der Waals surface area (Å²) in [5.41, 5.74) is 0.555. The number of hydrogen-bond acceptors (Lipinski definition) is 4. The SMILES string of the molecule is CNC(=O)C(C)CN(C)CCCOc1ccccc1C#N. The molecule has 0 bridgehead atoms. The Morgan fingerprint density at radius 2 is 2.19 bits per heavy atom. The van der Waals surface area contributed by atoms with Crippen LogP contribution in [0.3, 0.4) is 0 Å². The van der Waals surface area contributed by atoms with Crippen LogP contribution >= 0.6 is 0 Å². The van der Waals surface area contributed by atoms with Gasteiger partial charge in [-0.15, -0.1) is 0 Å². The van der Waals surface area contributed by atoms with Crippen LogP contribution in [0.1, 0.15) is 18.9 Å². The molecule has 0 fully saturated rings. The van der Waals surface area contributed by atoms with Gasteiger partial charge in [-0.2, -0.15) is 5.26 Å². The average molecular weight is 289 g/mol. The van der Waals surface area contributed by atoms with Gasteiger partial charge in [-0.1, -0.05) is 19.1 Å². The minimum atomic E-state index is -0.0276. The Morgan fingerprint density at radius 3 is 2.86 bits per heavy atom. The fourth-order valence-corrected chi connectivity index (χ4v) is 2.09. The molecule has 1 rings (SSSR count). The van der Waals surface area contributed by atoms with Gasteiger partial charge in [-0.3, -0.25) is 4.79 Å². The lowest BCUT2D eigenvalue weighted by atomic mass is 10.1. The maximum atomic E-state index is 11.4. The number of carbonyl (C=O) groups is 1. The lowest BCUT2D eigenvalue weighted by Crippen LogP contribution is -2.35. The molecule has 1 amide bonds. The van der Waals surface area contributed by atoms with Crippen LogP contribution in [-0.2, 0) is 4.79 Å². The Morgan fingerprint density at radius 1 is 1.48 bits per heavy atom. The van der Waals surface area contributed by atoms with Crippen LogP contribution < -0.4 is 10.1 Å². The van der Waals surface area contributed by atoms with Gasteiger partial charge >= 0.3 is 0 Å². The largest absolute Gasteiger partial charge is 0.492 e. The molecule has 1 N–H and O–H groups in total. The zero-order valence-electron chi connectivity index (χ0n) is 12.9. The van der Waals surface area contributed by atoms with Crippen molar-refractivity contribution in [3.63, 3.8) is 0 Å². The number of amides is 1. The second-order valence-corrected chi connectivity index (χ2v) is 5.09. The van der Waals surface area contributed by atoms with Crippen molar-refractivity contribution in [2.24, 2.45) is 5.92 Å². The fourth-order valence-electron chi connectivity index (χ4n) is 2.09. The van der Waals surface area contributed by atoms with Crippen LogP contribution in [0.2, 0.25) is 0 Å². The number of nitrogens with zero attached hydrogens (tertiary/aromatic N) is 2. The minimum Gasteiger partial charge on any atom is -0.492 e. The molecule has 0 spiro atoms. The van der Waals surface area contributed by atoms with Gasteiger partial charge in [0.15, 0.2) is 0 Å². The molecule has 1 atom stereocenters. The van der Waals surface area contributed by atoms with Crippen molar-refractivity contribution in [2.45, 2.75) is 13.3 Å². The first-order valence-corrected chi connectivity index (χ1v) is 7.10. The summed E-state index contributed by atoms with van der Waals surface area (Å²) in [5, 5.41) is 11.6. The highest BCUT2D eigenvalue weighted by molar-refractivity contribution is 5.78. The predicted molar refractivity (Wildman–Crippen MR) is 82.0 cm³/mol. The molecule has 0 aliphatic heterocycles. The van der Waals surface area contributed by atoms with Crippen molar-refractivity contribution in [2.75, 3.05) is 33.8 Å². The van der Waals surface area contributed by atoms with Gasteiger partial charge in [0.05, 0.1) is 12.2 Å². The zero-order chi connectivity index (χ0) is 15.7. The predicted octanol–water partition coefficient (Wildman–Crippen LogP) is 1.64. The smallest absolute Gasteiger partial charge is 0.223 e. The van der Waals surface area contributed by atoms with Gasteiger partial charge in [0.2, 0.25) is 5.91 Å². The molecule has 0 saturated heterocycles. The molecule has 0 heterocycles. The van der Waals surface area contributed by atoms with Crippen molar-refractivity contribution in [1.82, 2.24) is 10.2 Å². The van der Waals surface area contributed by atoms with Gasteiger partial charge in [-0.25, -0.2) is 0 Å². The second kappa shape index (κ2) is 8.98. The fraction of sp³-hybridized carbons (Fsp3) is 0.500. The van der Waals surface area contributed by atoms with E-state index in [1.807, 2.05) is 26.1 Å². The van der Waals surface area contributed by atoms with E-state index in [1.165, 1.54) is 0 Å². The topological polar surface area (TPSA) is 65.4 Å². The van der Waals surface area contributed by atoms with Gasteiger partial charge in [0.25, 0.3) is 0 Å². The number of rotatable bonds is 8. The zero-order valence-corrected chi connectivity index (χ0v) is 12.9. The van der Waals surface area contributed by atoms with Crippen molar-refractivity contribution >= 4 is 5.91 Å². The van der Waals surface area contributed by atoms with Gasteiger partial charge < -0.3 is 15.0 Å². The summed E-state index contributed by atoms with van der Waals surface area (Å²) in [4.78, 5) is 13.6. The lowest BCUT2D eigenvalue weighted by Gasteiger charge is -2.20. The highest BCUT2D eigenvalue weighted by atomic mass is 16.5. The standard InChI is InChI=1S/C16H23N3O2/c1-13(16(20)18-2)12-19(3)9-6-10-21-15-8-5-4-7-14(15)11-17/h4-5,7-8,13H,6,9-10,12H2,1-3H3,(H,18,20). The van der Waals surface area contributed by atoms with Crippen LogP contribution in [0.4, 0.5) is 0 Å². The Labute approximate surface area is 126 Å². The van der Waals surface area contributed by atoms with E-state index in [9.17, 15) is 4.79 Å². The maximum Gasteiger partial charge on any atom is 0.223 e. The molecule has 1 unspecified atom stereocenters. The Hall–Kier alpha value is -2.06. The molecule has 0 saturated carbocycles. The van der Waals surface area contributed by atoms with Crippen LogP contribution in [-0.4, -0.2) is 44.6 Å². The van der Waals surface area contributed by atoms with Crippen LogP contribution in [0.25, 0.3) is 0 Å². The normalized spacial score (nSPS) is 11.8. The number of nitriles is 1. The first-order valence-electron chi connectivity index (χ1n) is 7.10. The summed E-state index contributed by atoms with van der Waals surface area (Å²) >= 11 is 0. The molecule has 114 valence electrons. The third-order valence-corrected chi connectivity index (χ3v) is 3.23. The van der Waals surface area contributed by atoms with E-state index in [4.69, 9.17) is 10.00 Å². The van der Waals surface area contributed by atoms with E-state index in [1.54, 1.807) is 19.2 Å². The van der Waals surface area contributed by atoms with E-state index in [2.05, 4.69) is 16.3 Å². The number of ether oxygens (including phenoxy) is 1. The minimum absolute atomic E-state index is 0.0276. The Kier molecular flexibility index (Phi) is 7.27. The quantitative estimate of drug-likeness (QED) is 0.739. The average Bonchev–Trinajstić information content (AvgIpc) is 2.50. The third kappa shape index (κ3) is 5.84. The Balaban J connectivity index is 2.28. The monoisotopic (exact) mass is 289 g/mol. The molecule has 0 radical (unpaired) electrons. The van der Waals surface area contributed by atoms with E-state index < -0.39 is 0 Å². The Bertz CT molecular complexity index is 497. The second-order valence-electron chi connectivity index (χ2n) is 5.09. The van der Waals surface area contributed by atoms with E-state index in [0.717, 1.165) is 13.0 Å². The molecule has 1 aromatic carbocycles. The highest BCUT2D eigenvalue weighted by Gasteiger charge is 2.13. The molecular formula is C16H23N3O2. The van der Waals surface area contributed by atoms with Crippen LogP contribution in [0.5, 0.6) is 5.75 Å². The lowest BCUT2D eigenvalue weighted by molar-refractivity contribution is -0.124. The highest BCUT2D eigenvalue weighted by Crippen LogP contribution is 2.16. The number of hydrogen-bond donors (Lipinski definition) is 1. The molecule has 5 heteroatoms. The number of nitrogens with one attached hydrogen (secondary N) is 1. The summed E-state index contributed by atoms with van der Waals surface area (Å²) in [6.07, 6.45) is 0.844. The number of carbonyl (C=O) groups excluding carboxylic acids is 1. The van der Waals surface area contributed by atoms with E-state index in [-0.39, 0.29) is 11.8 Å². The first kappa shape index (κ1) is 17.0. The van der Waals surface area contributed by atoms with Crippen LogP contribution in [0, 0.1) is 17.2 Å². The van der Waals surface area contributed by atoms with E-state index >= 15 is 0 Å². The number of benzene rings is 1. The van der Waals surface area contributed by atoms with Gasteiger partial charge in [0, 0.05) is 26.1 Å². The summed E-state index contributed by atoms with van der Waals surface area (Å²) in [5.74, 6) is 0.655. The summed E-state index contributed by atoms with van der Waals surface area (Å²) < 4.78 is 5.62. The molecule has 21 heavy (non-hydrogen) atoms. The third-order valence-electron chi connectivity index (χ3n) is 3.23. The van der Waals surface area contributed by atoms with E-state index in [0.29, 0.717) is 24.5 Å². The first-order chi connectivity index (χ1) is 10.1.